The highest BCUT2D eigenvalue weighted by atomic mass is 16.5. The molecule has 0 aromatic carbocycles. The van der Waals surface area contributed by atoms with E-state index in [-0.39, 0.29) is 18.5 Å². The second kappa shape index (κ2) is 82.5. The van der Waals surface area contributed by atoms with Crippen molar-refractivity contribution < 1.29 is 24.5 Å². The quantitative estimate of drug-likeness (QED) is 0.0320. The van der Waals surface area contributed by atoms with Crippen LogP contribution in [0.1, 0.15) is 483 Å². The Kier molecular flexibility index (Phi) is 80.8. The zero-order valence-electron chi connectivity index (χ0n) is 63.3. The maximum Gasteiger partial charge on any atom is 0.305 e. The fraction of sp³-hybridized carbons (Fsp3) is 0.908. The molecule has 0 spiro atoms. The highest BCUT2D eigenvalue weighted by Crippen LogP contribution is 2.20. The molecule has 0 rings (SSSR count). The summed E-state index contributed by atoms with van der Waals surface area (Å²) in [5, 5.41) is 23.3. The Morgan fingerprint density at radius 2 is 0.538 bits per heavy atom. The highest BCUT2D eigenvalue weighted by molar-refractivity contribution is 5.76. The fourth-order valence-corrected chi connectivity index (χ4v) is 13.7. The third-order valence-corrected chi connectivity index (χ3v) is 20.2. The van der Waals surface area contributed by atoms with Crippen LogP contribution in [0.15, 0.2) is 36.5 Å². The number of aliphatic hydroxyl groups is 2. The van der Waals surface area contributed by atoms with E-state index in [1.54, 1.807) is 6.08 Å². The summed E-state index contributed by atoms with van der Waals surface area (Å²) < 4.78 is 5.50. The van der Waals surface area contributed by atoms with Crippen LogP contribution in [-0.2, 0) is 14.3 Å². The van der Waals surface area contributed by atoms with Crippen LogP contribution in [0, 0.1) is 0 Å². The molecule has 93 heavy (non-hydrogen) atoms. The molecule has 2 atom stereocenters. The molecule has 0 aliphatic heterocycles. The maximum atomic E-state index is 12.6. The molecule has 0 aromatic heterocycles. The van der Waals surface area contributed by atoms with Crippen LogP contribution in [0.3, 0.4) is 0 Å². The van der Waals surface area contributed by atoms with Crippen molar-refractivity contribution in [2.24, 2.45) is 0 Å². The first-order valence-electron chi connectivity index (χ1n) is 42.8. The molecule has 6 nitrogen and oxygen atoms in total. The van der Waals surface area contributed by atoms with Crippen molar-refractivity contribution in [3.63, 3.8) is 0 Å². The standard InChI is InChI=1S/C87H167NO5/c1-3-5-7-9-11-13-15-17-19-20-21-22-23-37-40-43-46-49-52-55-59-63-67-71-75-79-85(90)84(83-89)88-86(91)80-76-72-68-64-60-56-53-50-47-44-41-38-35-33-31-29-27-25-24-26-28-30-32-34-36-39-42-45-48-51-54-58-62-66-70-74-78-82-93-87(92)81-77-73-69-65-61-57-18-16-14-12-10-8-6-4-2/h24,26,30,32,75,79,84-85,89-90H,3-23,25,27-29,31,33-74,76-78,80-83H2,1-2H3,(H,88,91)/b26-24-,32-30-,79-75+. The van der Waals surface area contributed by atoms with Gasteiger partial charge in [0.1, 0.15) is 0 Å². The highest BCUT2D eigenvalue weighted by Gasteiger charge is 2.18. The van der Waals surface area contributed by atoms with Crippen molar-refractivity contribution in [3.8, 4) is 0 Å². The largest absolute Gasteiger partial charge is 0.466 e. The number of esters is 1. The molecule has 0 heterocycles. The second-order valence-corrected chi connectivity index (χ2v) is 29.5. The van der Waals surface area contributed by atoms with E-state index in [1.807, 2.05) is 6.08 Å². The Morgan fingerprint density at radius 1 is 0.301 bits per heavy atom. The number of aliphatic hydroxyl groups excluding tert-OH is 2. The normalized spacial score (nSPS) is 12.6. The van der Waals surface area contributed by atoms with Crippen molar-refractivity contribution in [2.45, 2.75) is 495 Å². The second-order valence-electron chi connectivity index (χ2n) is 29.5. The Morgan fingerprint density at radius 3 is 0.817 bits per heavy atom. The van der Waals surface area contributed by atoms with Crippen LogP contribution in [0.2, 0.25) is 0 Å². The van der Waals surface area contributed by atoms with Gasteiger partial charge in [-0.3, -0.25) is 9.59 Å². The summed E-state index contributed by atoms with van der Waals surface area (Å²) >= 11 is 0. The van der Waals surface area contributed by atoms with Gasteiger partial charge in [0.25, 0.3) is 0 Å². The lowest BCUT2D eigenvalue weighted by molar-refractivity contribution is -0.143. The molecular weight excluding hydrogens is 1140 g/mol. The average Bonchev–Trinajstić information content (AvgIpc) is 3.75. The number of hydrogen-bond donors (Lipinski definition) is 3. The number of carbonyl (C=O) groups is 2. The third kappa shape index (κ3) is 79.0. The third-order valence-electron chi connectivity index (χ3n) is 20.2. The van der Waals surface area contributed by atoms with Crippen molar-refractivity contribution in [2.75, 3.05) is 13.2 Å². The number of ether oxygens (including phenoxy) is 1. The molecule has 6 heteroatoms. The molecule has 0 saturated carbocycles. The summed E-state index contributed by atoms with van der Waals surface area (Å²) in [6, 6.07) is -0.628. The van der Waals surface area contributed by atoms with Gasteiger partial charge in [-0.2, -0.15) is 0 Å². The Balaban J connectivity index is 3.38. The first-order chi connectivity index (χ1) is 46.0. The smallest absolute Gasteiger partial charge is 0.305 e. The van der Waals surface area contributed by atoms with Crippen molar-refractivity contribution in [1.82, 2.24) is 5.32 Å². The average molecular weight is 1310 g/mol. The Bertz CT molecular complexity index is 1510. The molecule has 0 radical (unpaired) electrons. The molecule has 1 amide bonds. The van der Waals surface area contributed by atoms with Crippen molar-refractivity contribution in [1.29, 1.82) is 0 Å². The lowest BCUT2D eigenvalue weighted by atomic mass is 10.0. The van der Waals surface area contributed by atoms with Gasteiger partial charge in [0.05, 0.1) is 25.4 Å². The van der Waals surface area contributed by atoms with E-state index in [0.29, 0.717) is 19.4 Å². The number of hydrogen-bond acceptors (Lipinski definition) is 5. The predicted octanol–water partition coefficient (Wildman–Crippen LogP) is 28.6. The van der Waals surface area contributed by atoms with Gasteiger partial charge in [-0.05, 0) is 64.2 Å². The molecule has 0 bridgehead atoms. The fourth-order valence-electron chi connectivity index (χ4n) is 13.7. The van der Waals surface area contributed by atoms with E-state index in [2.05, 4.69) is 43.5 Å². The number of amides is 1. The number of nitrogens with one attached hydrogen (secondary N) is 1. The van der Waals surface area contributed by atoms with E-state index in [4.69, 9.17) is 4.74 Å². The van der Waals surface area contributed by atoms with Gasteiger partial charge in [-0.1, -0.05) is 442 Å². The maximum absolute atomic E-state index is 12.6. The minimum Gasteiger partial charge on any atom is -0.466 e. The minimum absolute atomic E-state index is 0.0217. The SMILES string of the molecule is CCCCCCCCCCCCCCCCCCCCCCCCC/C=C/C(O)C(CO)NC(=O)CCCCCCCCCCCCCCCCCCC/C=C\C/C=C\CCCCCCCCCCCCCCCOC(=O)CCCCCCCCCCCCCCCC. The van der Waals surface area contributed by atoms with Crippen LogP contribution >= 0.6 is 0 Å². The molecule has 0 aliphatic rings. The Hall–Kier alpha value is -1.92. The van der Waals surface area contributed by atoms with Gasteiger partial charge in [-0.25, -0.2) is 0 Å². The van der Waals surface area contributed by atoms with Gasteiger partial charge >= 0.3 is 5.97 Å². The van der Waals surface area contributed by atoms with Gasteiger partial charge in [0.2, 0.25) is 5.91 Å². The molecule has 0 saturated heterocycles. The molecule has 0 aromatic rings. The van der Waals surface area contributed by atoms with Crippen LogP contribution < -0.4 is 5.32 Å². The summed E-state index contributed by atoms with van der Waals surface area (Å²) in [5.41, 5.74) is 0. The van der Waals surface area contributed by atoms with E-state index >= 15 is 0 Å². The molecular formula is C87H167NO5. The monoisotopic (exact) mass is 1310 g/mol. The summed E-state index contributed by atoms with van der Waals surface area (Å²) in [5.74, 6) is -0.0380. The molecule has 3 N–H and O–H groups in total. The molecule has 0 aliphatic carbocycles. The van der Waals surface area contributed by atoms with E-state index in [9.17, 15) is 19.8 Å². The lowest BCUT2D eigenvalue weighted by Gasteiger charge is -2.20. The summed E-state index contributed by atoms with van der Waals surface area (Å²) in [6.45, 7) is 4.96. The van der Waals surface area contributed by atoms with Crippen LogP contribution in [0.4, 0.5) is 0 Å². The van der Waals surface area contributed by atoms with E-state index < -0.39 is 12.1 Å². The number of rotatable bonds is 81. The van der Waals surface area contributed by atoms with E-state index in [1.165, 1.54) is 411 Å². The number of allylic oxidation sites excluding steroid dienone is 5. The first-order valence-corrected chi connectivity index (χ1v) is 42.8. The summed E-state index contributed by atoms with van der Waals surface area (Å²) in [4.78, 5) is 24.6. The zero-order chi connectivity index (χ0) is 67.0. The van der Waals surface area contributed by atoms with Gasteiger partial charge in [-0.15, -0.1) is 0 Å². The van der Waals surface area contributed by atoms with Crippen LogP contribution in [0.25, 0.3) is 0 Å². The van der Waals surface area contributed by atoms with Crippen LogP contribution in [-0.4, -0.2) is 47.4 Å². The first kappa shape index (κ1) is 91.1. The predicted molar refractivity (Wildman–Crippen MR) is 412 cm³/mol. The molecule has 2 unspecified atom stereocenters. The minimum atomic E-state index is -0.845. The van der Waals surface area contributed by atoms with Gasteiger partial charge in [0.15, 0.2) is 0 Å². The van der Waals surface area contributed by atoms with Crippen LogP contribution in [0.5, 0.6) is 0 Å². The topological polar surface area (TPSA) is 95.9 Å². The lowest BCUT2D eigenvalue weighted by Crippen LogP contribution is -2.45. The van der Waals surface area contributed by atoms with Crippen molar-refractivity contribution >= 4 is 11.9 Å². The zero-order valence-corrected chi connectivity index (χ0v) is 63.3. The van der Waals surface area contributed by atoms with Gasteiger partial charge in [0, 0.05) is 12.8 Å². The molecule has 550 valence electrons. The Labute approximate surface area is 583 Å². The summed E-state index contributed by atoms with van der Waals surface area (Å²) in [7, 11) is 0. The summed E-state index contributed by atoms with van der Waals surface area (Å²) in [6.07, 6.45) is 109. The van der Waals surface area contributed by atoms with Crippen molar-refractivity contribution in [3.05, 3.63) is 36.5 Å². The van der Waals surface area contributed by atoms with E-state index in [0.717, 1.165) is 44.9 Å². The number of unbranched alkanes of at least 4 members (excludes halogenated alkanes) is 66. The molecule has 0 fully saturated rings. The number of carbonyl (C=O) groups excluding carboxylic acids is 2. The van der Waals surface area contributed by atoms with Gasteiger partial charge < -0.3 is 20.3 Å².